The summed E-state index contributed by atoms with van der Waals surface area (Å²) < 4.78 is 7.83. The van der Waals surface area contributed by atoms with E-state index in [9.17, 15) is 4.79 Å². The van der Waals surface area contributed by atoms with Crippen molar-refractivity contribution in [3.8, 4) is 0 Å². The second-order valence-electron chi connectivity index (χ2n) is 9.43. The van der Waals surface area contributed by atoms with Crippen LogP contribution in [0.5, 0.6) is 0 Å². The Morgan fingerprint density at radius 1 is 0.730 bits per heavy atom. The molecule has 0 bridgehead atoms. The minimum absolute atomic E-state index is 0.286. The van der Waals surface area contributed by atoms with E-state index in [2.05, 4.69) is 70.5 Å². The minimum atomic E-state index is -0.397. The molecule has 0 radical (unpaired) electrons. The maximum Gasteiger partial charge on any atom is 0.357 e. The number of aryl methyl sites for hydroxylation is 2. The molecule has 4 heterocycles. The minimum Gasteiger partial charge on any atom is -0.437 e. The van der Waals surface area contributed by atoms with Gasteiger partial charge >= 0.3 is 5.69 Å². The maximum atomic E-state index is 13.0. The summed E-state index contributed by atoms with van der Waals surface area (Å²) in [5.74, 6) is 0. The van der Waals surface area contributed by atoms with E-state index in [0.29, 0.717) is 16.6 Å². The van der Waals surface area contributed by atoms with E-state index < -0.39 is 5.69 Å². The van der Waals surface area contributed by atoms with Gasteiger partial charge in [0.25, 0.3) is 0 Å². The monoisotopic (exact) mass is 480 g/mol. The number of hydrogen-bond acceptors (Lipinski definition) is 5. The number of fused-ring (bicyclic) bond motifs is 8. The second kappa shape index (κ2) is 7.51. The molecule has 0 aliphatic carbocycles. The van der Waals surface area contributed by atoms with Crippen LogP contribution in [-0.4, -0.2) is 14.4 Å². The molecule has 0 saturated heterocycles. The van der Waals surface area contributed by atoms with E-state index in [1.165, 1.54) is 22.5 Å². The maximum absolute atomic E-state index is 13.0. The topological polar surface area (TPSA) is 63.6 Å². The Hall–Kier alpha value is -4.97. The van der Waals surface area contributed by atoms with Gasteiger partial charge in [-0.25, -0.2) is 14.2 Å². The molecule has 6 nitrogen and oxygen atoms in total. The van der Waals surface area contributed by atoms with E-state index in [1.54, 1.807) is 4.40 Å². The average molecular weight is 481 g/mol. The fourth-order valence-corrected chi connectivity index (χ4v) is 5.58. The van der Waals surface area contributed by atoms with Crippen LogP contribution < -0.4 is 10.6 Å². The molecule has 176 valence electrons. The van der Waals surface area contributed by atoms with Gasteiger partial charge in [-0.15, -0.1) is 0 Å². The lowest BCUT2D eigenvalue weighted by Gasteiger charge is -2.27. The molecule has 1 aliphatic heterocycles. The van der Waals surface area contributed by atoms with Gasteiger partial charge < -0.3 is 9.32 Å². The van der Waals surface area contributed by atoms with Gasteiger partial charge in [0.05, 0.1) is 16.4 Å². The van der Waals surface area contributed by atoms with Crippen molar-refractivity contribution in [3.63, 3.8) is 0 Å². The van der Waals surface area contributed by atoms with E-state index in [4.69, 9.17) is 9.40 Å². The van der Waals surface area contributed by atoms with Gasteiger partial charge in [-0.2, -0.15) is 4.98 Å². The van der Waals surface area contributed by atoms with Gasteiger partial charge in [0.1, 0.15) is 5.58 Å². The highest BCUT2D eigenvalue weighted by Gasteiger charge is 2.22. The van der Waals surface area contributed by atoms with Crippen molar-refractivity contribution in [2.75, 3.05) is 4.90 Å². The number of benzene rings is 4. The van der Waals surface area contributed by atoms with Crippen molar-refractivity contribution >= 4 is 55.8 Å². The van der Waals surface area contributed by atoms with Crippen LogP contribution in [0.2, 0.25) is 0 Å². The molecule has 8 rings (SSSR count). The quantitative estimate of drug-likeness (QED) is 0.244. The van der Waals surface area contributed by atoms with Gasteiger partial charge in [-0.05, 0) is 66.4 Å². The van der Waals surface area contributed by atoms with Crippen LogP contribution in [0.3, 0.4) is 0 Å². The fourth-order valence-electron chi connectivity index (χ4n) is 5.58. The highest BCUT2D eigenvalue weighted by molar-refractivity contribution is 5.99. The smallest absolute Gasteiger partial charge is 0.357 e. The fraction of sp³-hybridized carbons (Fsp3) is 0.0645. The number of hydrogen-bond donors (Lipinski definition) is 0. The summed E-state index contributed by atoms with van der Waals surface area (Å²) in [5.41, 5.74) is 8.54. The Morgan fingerprint density at radius 2 is 1.43 bits per heavy atom. The van der Waals surface area contributed by atoms with Crippen molar-refractivity contribution in [2.24, 2.45) is 0 Å². The molecule has 0 amide bonds. The summed E-state index contributed by atoms with van der Waals surface area (Å²) in [6.45, 7) is 0. The molecular formula is C31H20N4O2. The predicted molar refractivity (Wildman–Crippen MR) is 146 cm³/mol. The summed E-state index contributed by atoms with van der Waals surface area (Å²) in [6.07, 6.45) is 1.97. The number of nitrogens with zero attached hydrogens (tertiary/aromatic N) is 4. The van der Waals surface area contributed by atoms with Crippen LogP contribution in [0.15, 0.2) is 106 Å². The predicted octanol–water partition coefficient (Wildman–Crippen LogP) is 6.71. The Morgan fingerprint density at radius 3 is 2.22 bits per heavy atom. The Balaban J connectivity index is 1.38. The van der Waals surface area contributed by atoms with Crippen LogP contribution >= 0.6 is 0 Å². The van der Waals surface area contributed by atoms with Crippen molar-refractivity contribution in [2.45, 2.75) is 12.8 Å². The molecular weight excluding hydrogens is 460 g/mol. The molecule has 0 atom stereocenters. The molecule has 37 heavy (non-hydrogen) atoms. The van der Waals surface area contributed by atoms with Crippen LogP contribution in [0.1, 0.15) is 11.1 Å². The van der Waals surface area contributed by atoms with Crippen molar-refractivity contribution in [1.29, 1.82) is 0 Å². The zero-order chi connectivity index (χ0) is 24.5. The number of rotatable bonds is 1. The Kier molecular flexibility index (Phi) is 4.11. The highest BCUT2D eigenvalue weighted by atomic mass is 16.3. The van der Waals surface area contributed by atoms with Crippen molar-refractivity contribution in [1.82, 2.24) is 14.4 Å². The van der Waals surface area contributed by atoms with Gasteiger partial charge in [-0.3, -0.25) is 0 Å². The van der Waals surface area contributed by atoms with Gasteiger partial charge in [0, 0.05) is 28.5 Å². The first-order valence-corrected chi connectivity index (χ1v) is 12.4. The summed E-state index contributed by atoms with van der Waals surface area (Å²) in [5, 5.41) is 1.63. The van der Waals surface area contributed by atoms with Crippen molar-refractivity contribution < 1.29 is 4.42 Å². The zero-order valence-corrected chi connectivity index (χ0v) is 19.8. The van der Waals surface area contributed by atoms with E-state index in [0.717, 1.165) is 34.9 Å². The lowest BCUT2D eigenvalue weighted by Crippen LogP contribution is -2.16. The first-order chi connectivity index (χ1) is 18.2. The van der Waals surface area contributed by atoms with Gasteiger partial charge in [0.15, 0.2) is 5.65 Å². The third-order valence-electron chi connectivity index (χ3n) is 7.31. The SMILES string of the molecule is O=c1nc2oc3cc(N4c5ccccc5CCc5ccccc54)ccc3cc2c2nc3ccccc3n12. The largest absolute Gasteiger partial charge is 0.437 e. The second-order valence-corrected chi connectivity index (χ2v) is 9.43. The third-order valence-corrected chi connectivity index (χ3v) is 7.31. The summed E-state index contributed by atoms with van der Waals surface area (Å²) >= 11 is 0. The van der Waals surface area contributed by atoms with Gasteiger partial charge in [0.2, 0.25) is 5.71 Å². The first-order valence-electron chi connectivity index (χ1n) is 12.4. The average Bonchev–Trinajstić information content (AvgIpc) is 3.24. The lowest BCUT2D eigenvalue weighted by atomic mass is 10.0. The van der Waals surface area contributed by atoms with Crippen LogP contribution in [-0.2, 0) is 12.8 Å². The number of anilines is 3. The first kappa shape index (κ1) is 20.2. The van der Waals surface area contributed by atoms with Crippen LogP contribution in [0, 0.1) is 0 Å². The number of imidazole rings is 1. The van der Waals surface area contributed by atoms with Crippen LogP contribution in [0.25, 0.3) is 38.7 Å². The summed E-state index contributed by atoms with van der Waals surface area (Å²) in [7, 11) is 0. The third kappa shape index (κ3) is 2.96. The Bertz CT molecular complexity index is 2040. The molecule has 3 aromatic heterocycles. The number of para-hydroxylation sites is 4. The molecule has 1 aliphatic rings. The Labute approximate surface area is 211 Å². The van der Waals surface area contributed by atoms with E-state index >= 15 is 0 Å². The molecule has 7 aromatic rings. The summed E-state index contributed by atoms with van der Waals surface area (Å²) in [4.78, 5) is 24.3. The normalized spacial score (nSPS) is 13.2. The molecule has 0 spiro atoms. The van der Waals surface area contributed by atoms with Crippen molar-refractivity contribution in [3.05, 3.63) is 119 Å². The molecule has 0 fully saturated rings. The standard InChI is InChI=1S/C31H20N4O2/c36-31-33-30-23(29-32-24-9-3-6-12-27(24)35(29)31)17-21-15-16-22(18-28(21)37-30)34-25-10-4-1-7-19(25)13-14-20-8-2-5-11-26(20)34/h1-12,15-18H,13-14H2. The van der Waals surface area contributed by atoms with E-state index in [-0.39, 0.29) is 5.71 Å². The number of aromatic nitrogens is 3. The van der Waals surface area contributed by atoms with Crippen LogP contribution in [0.4, 0.5) is 17.1 Å². The molecule has 6 heteroatoms. The molecule has 0 unspecified atom stereocenters. The molecule has 4 aromatic carbocycles. The highest BCUT2D eigenvalue weighted by Crippen LogP contribution is 2.42. The summed E-state index contributed by atoms with van der Waals surface area (Å²) in [6, 6.07) is 32.9. The van der Waals surface area contributed by atoms with E-state index in [1.807, 2.05) is 36.4 Å². The zero-order valence-electron chi connectivity index (χ0n) is 19.8. The molecule has 0 saturated carbocycles. The molecule has 0 N–H and O–H groups in total. The lowest BCUT2D eigenvalue weighted by molar-refractivity contribution is 0.641. The van der Waals surface area contributed by atoms with Gasteiger partial charge in [-0.1, -0.05) is 48.5 Å².